The molecule has 3 nitrogen and oxygen atoms in total. The number of aliphatic hydroxyl groups excluding tert-OH is 1. The molecule has 4 heteroatoms. The van der Waals surface area contributed by atoms with Gasteiger partial charge in [0.25, 0.3) is 0 Å². The van der Waals surface area contributed by atoms with Gasteiger partial charge in [-0.05, 0) is 34.4 Å². The number of nitrogens with one attached hydrogen (secondary N) is 1. The molecule has 0 rings (SSSR count). The van der Waals surface area contributed by atoms with E-state index in [1.165, 1.54) is 0 Å². The highest BCUT2D eigenvalue weighted by Crippen LogP contribution is 1.47. The Hall–Kier alpha value is 0.230. The summed E-state index contributed by atoms with van der Waals surface area (Å²) in [5.41, 5.74) is 0. The van der Waals surface area contributed by atoms with Gasteiger partial charge >= 0.3 is 0 Å². The van der Waals surface area contributed by atoms with Crippen molar-refractivity contribution in [3.8, 4) is 0 Å². The quantitative estimate of drug-likeness (QED) is 0.523. The van der Waals surface area contributed by atoms with Crippen molar-refractivity contribution in [3.63, 3.8) is 0 Å². The van der Waals surface area contributed by atoms with Gasteiger partial charge in [0, 0.05) is 6.54 Å². The third-order valence-electron chi connectivity index (χ3n) is 0.362. The summed E-state index contributed by atoms with van der Waals surface area (Å²) in [6.45, 7) is 0.927. The molecule has 0 spiro atoms. The lowest BCUT2D eigenvalue weighted by Gasteiger charge is -1.90. The van der Waals surface area contributed by atoms with Crippen LogP contribution in [0.15, 0.2) is 0 Å². The molecule has 0 atom stereocenters. The largest absolute Gasteiger partial charge is 0.395 e. The smallest absolute Gasteiger partial charge is 0.0555 e. The maximum atomic E-state index is 8.00. The molecular weight excluding hydrogens is 160 g/mol. The van der Waals surface area contributed by atoms with Gasteiger partial charge in [-0.15, -0.1) is 0 Å². The minimum absolute atomic E-state index is 0.233. The second-order valence-corrected chi connectivity index (χ2v) is 2.17. The van der Waals surface area contributed by atoms with E-state index in [2.05, 4.69) is 17.9 Å². The van der Waals surface area contributed by atoms with Crippen molar-refractivity contribution in [3.05, 3.63) is 0 Å². The summed E-state index contributed by atoms with van der Waals surface area (Å²) in [6, 6.07) is 0. The number of hydrogen-bond acceptors (Lipinski definition) is 4. The second-order valence-electron chi connectivity index (χ2n) is 2.17. The monoisotopic (exact) mass is 182 g/mol. The molecule has 0 aliphatic rings. The van der Waals surface area contributed by atoms with E-state index in [1.54, 1.807) is 13.3 Å². The van der Waals surface area contributed by atoms with Crippen LogP contribution >= 0.6 is 12.6 Å². The fourth-order valence-electron chi connectivity index (χ4n) is 0.112. The number of rotatable bonds is 2. The van der Waals surface area contributed by atoms with Crippen LogP contribution in [0.1, 0.15) is 0 Å². The van der Waals surface area contributed by atoms with Gasteiger partial charge in [-0.2, -0.15) is 12.6 Å². The molecule has 0 aromatic heterocycles. The van der Waals surface area contributed by atoms with E-state index in [4.69, 9.17) is 5.11 Å². The first kappa shape index (κ1) is 17.4. The van der Waals surface area contributed by atoms with Crippen LogP contribution in [-0.2, 0) is 0 Å². The van der Waals surface area contributed by atoms with E-state index in [1.807, 2.05) is 26.0 Å². The van der Waals surface area contributed by atoms with Crippen LogP contribution in [0.25, 0.3) is 0 Å². The fourth-order valence-corrected chi connectivity index (χ4v) is 0.112. The first-order valence-electron chi connectivity index (χ1n) is 3.46. The van der Waals surface area contributed by atoms with Crippen molar-refractivity contribution in [2.24, 2.45) is 0 Å². The summed E-state index contributed by atoms with van der Waals surface area (Å²) in [7, 11) is 7.80. The summed E-state index contributed by atoms with van der Waals surface area (Å²) in [4.78, 5) is 2.00. The molecule has 11 heavy (non-hydrogen) atoms. The standard InChI is InChI=1S/C3H9NO.C3H9N.CH4S/c1-4-2-3-5;1-4(2)3;1-2/h4-5H,2-3H2,1H3;1-3H3;2H,1H3. The van der Waals surface area contributed by atoms with Crippen LogP contribution in [0.3, 0.4) is 0 Å². The lowest BCUT2D eigenvalue weighted by atomic mass is 10.7. The maximum absolute atomic E-state index is 8.00. The van der Waals surface area contributed by atoms with Crippen LogP contribution in [-0.4, -0.2) is 57.6 Å². The van der Waals surface area contributed by atoms with E-state index in [0.29, 0.717) is 6.54 Å². The van der Waals surface area contributed by atoms with Gasteiger partial charge in [0.2, 0.25) is 0 Å². The Balaban J connectivity index is -0.0000000965. The van der Waals surface area contributed by atoms with E-state index >= 15 is 0 Å². The predicted octanol–water partition coefficient (Wildman–Crippen LogP) is -0.0781. The van der Waals surface area contributed by atoms with Gasteiger partial charge in [0.15, 0.2) is 0 Å². The molecule has 0 heterocycles. The van der Waals surface area contributed by atoms with Crippen molar-refractivity contribution in [1.82, 2.24) is 10.2 Å². The van der Waals surface area contributed by atoms with Crippen LogP contribution in [0.5, 0.6) is 0 Å². The average molecular weight is 182 g/mol. The Morgan fingerprint density at radius 3 is 1.55 bits per heavy atom. The lowest BCUT2D eigenvalue weighted by Crippen LogP contribution is -2.10. The Morgan fingerprint density at radius 2 is 1.55 bits per heavy atom. The van der Waals surface area contributed by atoms with E-state index in [0.717, 1.165) is 0 Å². The first-order chi connectivity index (χ1) is 5.15. The molecule has 0 unspecified atom stereocenters. The van der Waals surface area contributed by atoms with Crippen molar-refractivity contribution in [1.29, 1.82) is 0 Å². The molecule has 0 fully saturated rings. The highest BCUT2D eigenvalue weighted by atomic mass is 32.1. The van der Waals surface area contributed by atoms with Crippen molar-refractivity contribution in [2.75, 3.05) is 47.6 Å². The molecule has 72 valence electrons. The van der Waals surface area contributed by atoms with E-state index in [9.17, 15) is 0 Å². The summed E-state index contributed by atoms with van der Waals surface area (Å²) < 4.78 is 0. The number of nitrogens with zero attached hydrogens (tertiary/aromatic N) is 1. The molecule has 0 amide bonds. The van der Waals surface area contributed by atoms with Crippen molar-refractivity contribution < 1.29 is 5.11 Å². The Kier molecular flexibility index (Phi) is 35.4. The maximum Gasteiger partial charge on any atom is 0.0555 e. The molecular formula is C7H22N2OS. The fraction of sp³-hybridized carbons (Fsp3) is 1.00. The van der Waals surface area contributed by atoms with E-state index < -0.39 is 0 Å². The Morgan fingerprint density at radius 1 is 1.27 bits per heavy atom. The van der Waals surface area contributed by atoms with Crippen LogP contribution in [0.2, 0.25) is 0 Å². The third kappa shape index (κ3) is 139. The normalized spacial score (nSPS) is 7.64. The molecule has 0 aliphatic carbocycles. The van der Waals surface area contributed by atoms with Gasteiger partial charge in [-0.1, -0.05) is 0 Å². The molecule has 2 N–H and O–H groups in total. The molecule has 0 saturated carbocycles. The first-order valence-corrected chi connectivity index (χ1v) is 4.35. The second kappa shape index (κ2) is 22.5. The Bertz CT molecular complexity index is 40.7. The average Bonchev–Trinajstić information content (AvgIpc) is 1.93. The third-order valence-corrected chi connectivity index (χ3v) is 0.362. The number of aliphatic hydroxyl groups is 1. The molecule has 0 saturated heterocycles. The van der Waals surface area contributed by atoms with E-state index in [-0.39, 0.29) is 6.61 Å². The van der Waals surface area contributed by atoms with Gasteiger partial charge in [0.1, 0.15) is 0 Å². The zero-order valence-electron chi connectivity index (χ0n) is 8.26. The lowest BCUT2D eigenvalue weighted by molar-refractivity contribution is 0.296. The topological polar surface area (TPSA) is 35.5 Å². The molecule has 0 aliphatic heterocycles. The number of hydrogen-bond donors (Lipinski definition) is 3. The van der Waals surface area contributed by atoms with Crippen molar-refractivity contribution >= 4 is 12.6 Å². The minimum Gasteiger partial charge on any atom is -0.395 e. The van der Waals surface area contributed by atoms with Gasteiger partial charge in [-0.3, -0.25) is 0 Å². The van der Waals surface area contributed by atoms with Gasteiger partial charge in [-0.25, -0.2) is 0 Å². The zero-order valence-corrected chi connectivity index (χ0v) is 9.15. The molecule has 0 aromatic rings. The summed E-state index contributed by atoms with van der Waals surface area (Å²) in [5.74, 6) is 0. The Labute approximate surface area is 76.2 Å². The molecule has 0 radical (unpaired) electrons. The summed E-state index contributed by atoms with van der Waals surface area (Å²) in [6.07, 6.45) is 1.69. The van der Waals surface area contributed by atoms with Crippen LogP contribution in [0.4, 0.5) is 0 Å². The van der Waals surface area contributed by atoms with Crippen molar-refractivity contribution in [2.45, 2.75) is 0 Å². The summed E-state index contributed by atoms with van der Waals surface area (Å²) in [5, 5.41) is 10.8. The number of thiol groups is 1. The minimum atomic E-state index is 0.233. The van der Waals surface area contributed by atoms with Gasteiger partial charge < -0.3 is 15.3 Å². The van der Waals surface area contributed by atoms with Crippen LogP contribution in [0, 0.1) is 0 Å². The van der Waals surface area contributed by atoms with Gasteiger partial charge in [0.05, 0.1) is 6.61 Å². The van der Waals surface area contributed by atoms with Crippen LogP contribution < -0.4 is 5.32 Å². The molecule has 0 bridgehead atoms. The zero-order chi connectivity index (χ0) is 9.70. The SMILES string of the molecule is CN(C)C.CNCCO.CS. The summed E-state index contributed by atoms with van der Waals surface area (Å²) >= 11 is 3.53. The highest BCUT2D eigenvalue weighted by Gasteiger charge is 1.65. The highest BCUT2D eigenvalue weighted by molar-refractivity contribution is 7.79. The predicted molar refractivity (Wildman–Crippen MR) is 55.5 cm³/mol. The molecule has 0 aromatic carbocycles. The number of likely N-dealkylation sites (N-methyl/N-ethyl adjacent to an activating group) is 1.